The SMILES string of the molecule is CCN(CC)c1cnc(C(=O)NCc2ccc(F)cc2)cn1. The molecule has 0 aliphatic heterocycles. The number of amides is 1. The average molecular weight is 302 g/mol. The van der Waals surface area contributed by atoms with E-state index in [1.807, 2.05) is 18.7 Å². The lowest BCUT2D eigenvalue weighted by atomic mass is 10.2. The Bertz CT molecular complexity index is 609. The molecular weight excluding hydrogens is 283 g/mol. The molecule has 0 fully saturated rings. The standard InChI is InChI=1S/C16H19FN4O/c1-3-21(4-2)15-11-18-14(10-19-15)16(22)20-9-12-5-7-13(17)8-6-12/h5-8,10-11H,3-4,9H2,1-2H3,(H,20,22). The first-order chi connectivity index (χ1) is 10.6. The lowest BCUT2D eigenvalue weighted by Gasteiger charge is -2.18. The number of benzene rings is 1. The van der Waals surface area contributed by atoms with Gasteiger partial charge in [0.05, 0.1) is 12.4 Å². The Morgan fingerprint density at radius 1 is 1.14 bits per heavy atom. The van der Waals surface area contributed by atoms with Crippen LogP contribution in [-0.4, -0.2) is 29.0 Å². The molecule has 0 unspecified atom stereocenters. The molecule has 2 aromatic rings. The normalized spacial score (nSPS) is 10.3. The minimum Gasteiger partial charge on any atom is -0.356 e. The van der Waals surface area contributed by atoms with Gasteiger partial charge < -0.3 is 10.2 Å². The van der Waals surface area contributed by atoms with E-state index < -0.39 is 0 Å². The lowest BCUT2D eigenvalue weighted by molar-refractivity contribution is 0.0945. The number of nitrogens with one attached hydrogen (secondary N) is 1. The van der Waals surface area contributed by atoms with E-state index in [1.165, 1.54) is 18.3 Å². The lowest BCUT2D eigenvalue weighted by Crippen LogP contribution is -2.26. The molecule has 5 nitrogen and oxygen atoms in total. The zero-order chi connectivity index (χ0) is 15.9. The quantitative estimate of drug-likeness (QED) is 0.890. The number of hydrogen-bond donors (Lipinski definition) is 1. The molecule has 6 heteroatoms. The third-order valence-electron chi connectivity index (χ3n) is 3.32. The summed E-state index contributed by atoms with van der Waals surface area (Å²) in [5, 5.41) is 2.73. The van der Waals surface area contributed by atoms with E-state index in [0.717, 1.165) is 24.5 Å². The third kappa shape index (κ3) is 4.00. The first kappa shape index (κ1) is 15.9. The highest BCUT2D eigenvalue weighted by atomic mass is 19.1. The van der Waals surface area contributed by atoms with Crippen molar-refractivity contribution in [2.75, 3.05) is 18.0 Å². The van der Waals surface area contributed by atoms with E-state index in [-0.39, 0.29) is 17.4 Å². The largest absolute Gasteiger partial charge is 0.356 e. The van der Waals surface area contributed by atoms with E-state index >= 15 is 0 Å². The van der Waals surface area contributed by atoms with Crippen LogP contribution in [0.5, 0.6) is 0 Å². The molecule has 0 atom stereocenters. The maximum atomic E-state index is 12.8. The van der Waals surface area contributed by atoms with Gasteiger partial charge in [-0.2, -0.15) is 0 Å². The van der Waals surface area contributed by atoms with E-state index in [4.69, 9.17) is 0 Å². The van der Waals surface area contributed by atoms with Crippen molar-refractivity contribution in [3.8, 4) is 0 Å². The minimum absolute atomic E-state index is 0.262. The van der Waals surface area contributed by atoms with E-state index in [9.17, 15) is 9.18 Å². The summed E-state index contributed by atoms with van der Waals surface area (Å²) in [5.74, 6) is 0.149. The molecule has 0 radical (unpaired) electrons. The van der Waals surface area contributed by atoms with Crippen molar-refractivity contribution in [2.24, 2.45) is 0 Å². The van der Waals surface area contributed by atoms with Crippen molar-refractivity contribution in [3.63, 3.8) is 0 Å². The molecular formula is C16H19FN4O. The zero-order valence-corrected chi connectivity index (χ0v) is 12.7. The van der Waals surface area contributed by atoms with Crippen molar-refractivity contribution >= 4 is 11.7 Å². The summed E-state index contributed by atoms with van der Waals surface area (Å²) in [6.07, 6.45) is 3.06. The fourth-order valence-corrected chi connectivity index (χ4v) is 2.02. The second-order valence-electron chi connectivity index (χ2n) is 4.74. The highest BCUT2D eigenvalue weighted by Gasteiger charge is 2.09. The predicted octanol–water partition coefficient (Wildman–Crippen LogP) is 2.39. The fourth-order valence-electron chi connectivity index (χ4n) is 2.02. The summed E-state index contributed by atoms with van der Waals surface area (Å²) in [5.41, 5.74) is 1.08. The van der Waals surface area contributed by atoms with Crippen LogP contribution in [0.1, 0.15) is 29.9 Å². The monoisotopic (exact) mass is 302 g/mol. The summed E-state index contributed by atoms with van der Waals surface area (Å²) in [6.45, 7) is 6.06. The van der Waals surface area contributed by atoms with Crippen LogP contribution in [0, 0.1) is 5.82 Å². The van der Waals surface area contributed by atoms with Crippen molar-refractivity contribution in [3.05, 3.63) is 53.7 Å². The van der Waals surface area contributed by atoms with Crippen LogP contribution in [0.3, 0.4) is 0 Å². The molecule has 0 saturated heterocycles. The summed E-state index contributed by atoms with van der Waals surface area (Å²) >= 11 is 0. The number of carbonyl (C=O) groups excluding carboxylic acids is 1. The molecule has 1 N–H and O–H groups in total. The zero-order valence-electron chi connectivity index (χ0n) is 12.7. The molecule has 0 aliphatic rings. The van der Waals surface area contributed by atoms with Gasteiger partial charge in [-0.3, -0.25) is 4.79 Å². The first-order valence-corrected chi connectivity index (χ1v) is 7.23. The number of carbonyl (C=O) groups is 1. The molecule has 1 heterocycles. The number of aromatic nitrogens is 2. The highest BCUT2D eigenvalue weighted by molar-refractivity contribution is 5.91. The van der Waals surface area contributed by atoms with Gasteiger partial charge >= 0.3 is 0 Å². The van der Waals surface area contributed by atoms with Crippen LogP contribution < -0.4 is 10.2 Å². The first-order valence-electron chi connectivity index (χ1n) is 7.23. The van der Waals surface area contributed by atoms with E-state index in [0.29, 0.717) is 6.54 Å². The second kappa shape index (κ2) is 7.49. The number of nitrogens with zero attached hydrogens (tertiary/aromatic N) is 3. The van der Waals surface area contributed by atoms with Gasteiger partial charge in [0.2, 0.25) is 0 Å². The number of hydrogen-bond acceptors (Lipinski definition) is 4. The number of halogens is 1. The van der Waals surface area contributed by atoms with Gasteiger partial charge in [0.1, 0.15) is 17.3 Å². The van der Waals surface area contributed by atoms with E-state index in [2.05, 4.69) is 15.3 Å². The van der Waals surface area contributed by atoms with Gasteiger partial charge in [-0.25, -0.2) is 14.4 Å². The summed E-state index contributed by atoms with van der Waals surface area (Å²) < 4.78 is 12.8. The predicted molar refractivity (Wildman–Crippen MR) is 83.2 cm³/mol. The van der Waals surface area contributed by atoms with Gasteiger partial charge in [0, 0.05) is 19.6 Å². The van der Waals surface area contributed by atoms with Crippen molar-refractivity contribution < 1.29 is 9.18 Å². The van der Waals surface area contributed by atoms with Crippen LogP contribution >= 0.6 is 0 Å². The Labute approximate surface area is 129 Å². The summed E-state index contributed by atoms with van der Waals surface area (Å²) in [6, 6.07) is 5.98. The Hall–Kier alpha value is -2.50. The van der Waals surface area contributed by atoms with Crippen molar-refractivity contribution in [2.45, 2.75) is 20.4 Å². The van der Waals surface area contributed by atoms with Crippen LogP contribution in [-0.2, 0) is 6.54 Å². The molecule has 22 heavy (non-hydrogen) atoms. The van der Waals surface area contributed by atoms with Gasteiger partial charge in [0.15, 0.2) is 0 Å². The van der Waals surface area contributed by atoms with Crippen LogP contribution in [0.2, 0.25) is 0 Å². The molecule has 0 aliphatic carbocycles. The molecule has 1 aromatic heterocycles. The van der Waals surface area contributed by atoms with Gasteiger partial charge in [-0.05, 0) is 31.5 Å². The molecule has 0 bridgehead atoms. The minimum atomic E-state index is -0.303. The molecule has 2 rings (SSSR count). The average Bonchev–Trinajstić information content (AvgIpc) is 2.56. The summed E-state index contributed by atoms with van der Waals surface area (Å²) in [4.78, 5) is 22.5. The topological polar surface area (TPSA) is 58.1 Å². The smallest absolute Gasteiger partial charge is 0.271 e. The van der Waals surface area contributed by atoms with Crippen LogP contribution in [0.15, 0.2) is 36.7 Å². The van der Waals surface area contributed by atoms with Gasteiger partial charge in [-0.15, -0.1) is 0 Å². The maximum Gasteiger partial charge on any atom is 0.271 e. The molecule has 0 spiro atoms. The van der Waals surface area contributed by atoms with Gasteiger partial charge in [-0.1, -0.05) is 12.1 Å². The van der Waals surface area contributed by atoms with Crippen molar-refractivity contribution in [1.29, 1.82) is 0 Å². The third-order valence-corrected chi connectivity index (χ3v) is 3.32. The molecule has 1 amide bonds. The Morgan fingerprint density at radius 2 is 1.82 bits per heavy atom. The molecule has 116 valence electrons. The number of anilines is 1. The second-order valence-corrected chi connectivity index (χ2v) is 4.74. The maximum absolute atomic E-state index is 12.8. The highest BCUT2D eigenvalue weighted by Crippen LogP contribution is 2.08. The fraction of sp³-hybridized carbons (Fsp3) is 0.312. The van der Waals surface area contributed by atoms with Gasteiger partial charge in [0.25, 0.3) is 5.91 Å². The molecule has 1 aromatic carbocycles. The Morgan fingerprint density at radius 3 is 2.36 bits per heavy atom. The van der Waals surface area contributed by atoms with Crippen LogP contribution in [0.4, 0.5) is 10.2 Å². The number of rotatable bonds is 6. The van der Waals surface area contributed by atoms with E-state index in [1.54, 1.807) is 18.3 Å². The Balaban J connectivity index is 1.96. The van der Waals surface area contributed by atoms with Crippen molar-refractivity contribution in [1.82, 2.24) is 15.3 Å². The summed E-state index contributed by atoms with van der Waals surface area (Å²) in [7, 11) is 0. The molecule has 0 saturated carbocycles. The Kier molecular flexibility index (Phi) is 5.41. The van der Waals surface area contributed by atoms with Crippen LogP contribution in [0.25, 0.3) is 0 Å².